The Kier molecular flexibility index (Phi) is 10.1. The Balaban J connectivity index is 2.37. The molecule has 0 aliphatic rings. The van der Waals surface area contributed by atoms with Crippen LogP contribution in [0.15, 0.2) is 35.5 Å². The van der Waals surface area contributed by atoms with Gasteiger partial charge in [-0.3, -0.25) is 0 Å². The normalized spacial score (nSPS) is 12.7. The molecule has 0 fully saturated rings. The minimum Gasteiger partial charge on any atom is -0.496 e. The van der Waals surface area contributed by atoms with Crippen molar-refractivity contribution in [2.45, 2.75) is 46.3 Å². The Labute approximate surface area is 185 Å². The number of benzene rings is 1. The van der Waals surface area contributed by atoms with Gasteiger partial charge in [0.1, 0.15) is 5.75 Å². The Hall–Kier alpha value is -2.77. The van der Waals surface area contributed by atoms with E-state index in [2.05, 4.69) is 40.5 Å². The lowest BCUT2D eigenvalue weighted by Crippen LogP contribution is -2.36. The predicted molar refractivity (Wildman–Crippen MR) is 128 cm³/mol. The van der Waals surface area contributed by atoms with Gasteiger partial charge in [-0.2, -0.15) is 0 Å². The van der Waals surface area contributed by atoms with Crippen molar-refractivity contribution in [2.24, 2.45) is 16.5 Å². The zero-order valence-electron chi connectivity index (χ0n) is 19.1. The lowest BCUT2D eigenvalue weighted by Gasteiger charge is -2.14. The molecule has 0 spiro atoms. The first kappa shape index (κ1) is 24.5. The molecule has 7 nitrogen and oxygen atoms in total. The smallest absolute Gasteiger partial charge is 0.152 e. The topological polar surface area (TPSA) is 99.8 Å². The van der Waals surface area contributed by atoms with Crippen LogP contribution in [-0.4, -0.2) is 37.2 Å². The summed E-state index contributed by atoms with van der Waals surface area (Å²) in [6.07, 6.45) is 5.43. The second kappa shape index (κ2) is 12.8. The minimum absolute atomic E-state index is 0.504. The molecule has 0 saturated heterocycles. The van der Waals surface area contributed by atoms with E-state index in [-0.39, 0.29) is 0 Å². The summed E-state index contributed by atoms with van der Waals surface area (Å²) in [6, 6.07) is 8.12. The molecule has 0 atom stereocenters. The highest BCUT2D eigenvalue weighted by Crippen LogP contribution is 2.21. The van der Waals surface area contributed by atoms with E-state index in [1.54, 1.807) is 14.0 Å². The molecule has 0 amide bonds. The number of aromatic nitrogens is 1. The number of rotatable bonds is 13. The molecule has 31 heavy (non-hydrogen) atoms. The maximum absolute atomic E-state index is 5.91. The summed E-state index contributed by atoms with van der Waals surface area (Å²) in [5.74, 6) is 2.07. The van der Waals surface area contributed by atoms with Crippen LogP contribution in [0.25, 0.3) is 12.4 Å². The number of nitrogens with two attached hydrogens (primary N) is 2. The first-order valence-corrected chi connectivity index (χ1v) is 10.9. The lowest BCUT2D eigenvalue weighted by atomic mass is 10.1. The lowest BCUT2D eigenvalue weighted by molar-refractivity contribution is 0.128. The van der Waals surface area contributed by atoms with Gasteiger partial charge in [0.05, 0.1) is 38.1 Å². The molecular formula is C24H37N5O2. The maximum atomic E-state index is 5.91. The van der Waals surface area contributed by atoms with Crippen molar-refractivity contribution < 1.29 is 9.47 Å². The van der Waals surface area contributed by atoms with E-state index in [1.807, 2.05) is 18.3 Å². The van der Waals surface area contributed by atoms with Crippen molar-refractivity contribution in [1.82, 2.24) is 9.88 Å². The molecule has 2 rings (SSSR count). The van der Waals surface area contributed by atoms with E-state index in [1.165, 1.54) is 12.8 Å². The van der Waals surface area contributed by atoms with E-state index in [0.717, 1.165) is 46.2 Å². The molecule has 7 heteroatoms. The molecule has 1 aromatic heterocycles. The Morgan fingerprint density at radius 3 is 2.74 bits per heavy atom. The molecular weight excluding hydrogens is 390 g/mol. The first-order chi connectivity index (χ1) is 15.0. The minimum atomic E-state index is 0.504. The third-order valence-corrected chi connectivity index (χ3v) is 4.86. The van der Waals surface area contributed by atoms with Gasteiger partial charge >= 0.3 is 0 Å². The number of aliphatic imine (C=N–C) groups is 1. The van der Waals surface area contributed by atoms with Crippen molar-refractivity contribution >= 4 is 18.2 Å². The number of ether oxygens (including phenoxy) is 2. The molecule has 0 radical (unpaired) electrons. The number of amidine groups is 1. The number of unbranched alkanes of at least 4 members (excludes halogenated alkanes) is 2. The summed E-state index contributed by atoms with van der Waals surface area (Å²) >= 11 is 0. The predicted octanol–water partition coefficient (Wildman–Crippen LogP) is 1.65. The molecule has 1 heterocycles. The van der Waals surface area contributed by atoms with Gasteiger partial charge in [0.2, 0.25) is 0 Å². The average molecular weight is 428 g/mol. The summed E-state index contributed by atoms with van der Waals surface area (Å²) in [5.41, 5.74) is 13.5. The first-order valence-electron chi connectivity index (χ1n) is 10.9. The maximum Gasteiger partial charge on any atom is 0.152 e. The van der Waals surface area contributed by atoms with Gasteiger partial charge in [0, 0.05) is 24.8 Å². The van der Waals surface area contributed by atoms with Crippen LogP contribution in [-0.2, 0) is 17.9 Å². The Bertz CT molecular complexity index is 961. The van der Waals surface area contributed by atoms with Crippen molar-refractivity contribution in [3.63, 3.8) is 0 Å². The fraction of sp³-hybridized carbons (Fsp3) is 0.458. The fourth-order valence-corrected chi connectivity index (χ4v) is 3.34. The number of nitrogens with one attached hydrogen (secondary N) is 1. The van der Waals surface area contributed by atoms with E-state index in [9.17, 15) is 0 Å². The van der Waals surface area contributed by atoms with Gasteiger partial charge in [0.15, 0.2) is 5.82 Å². The van der Waals surface area contributed by atoms with Crippen LogP contribution in [0.4, 0.5) is 0 Å². The van der Waals surface area contributed by atoms with E-state index in [4.69, 9.17) is 20.9 Å². The molecule has 0 aliphatic carbocycles. The summed E-state index contributed by atoms with van der Waals surface area (Å²) in [6.45, 7) is 11.2. The molecule has 0 bridgehead atoms. The van der Waals surface area contributed by atoms with Crippen molar-refractivity contribution in [3.8, 4) is 5.75 Å². The highest BCUT2D eigenvalue weighted by Gasteiger charge is 2.09. The van der Waals surface area contributed by atoms with Crippen molar-refractivity contribution in [2.75, 3.05) is 26.8 Å². The van der Waals surface area contributed by atoms with E-state index < -0.39 is 0 Å². The van der Waals surface area contributed by atoms with Crippen LogP contribution in [0.1, 0.15) is 44.2 Å². The van der Waals surface area contributed by atoms with Gasteiger partial charge in [-0.05, 0) is 36.3 Å². The van der Waals surface area contributed by atoms with E-state index in [0.29, 0.717) is 32.1 Å². The van der Waals surface area contributed by atoms with Gasteiger partial charge in [-0.25, -0.2) is 4.99 Å². The highest BCUT2D eigenvalue weighted by atomic mass is 16.5. The van der Waals surface area contributed by atoms with Crippen LogP contribution in [0.5, 0.6) is 5.75 Å². The molecule has 1 aromatic carbocycles. The number of hydrogen-bond donors (Lipinski definition) is 3. The largest absolute Gasteiger partial charge is 0.496 e. The third kappa shape index (κ3) is 7.45. The highest BCUT2D eigenvalue weighted by molar-refractivity contribution is 5.81. The van der Waals surface area contributed by atoms with Gasteiger partial charge < -0.3 is 30.8 Å². The van der Waals surface area contributed by atoms with Crippen molar-refractivity contribution in [1.29, 1.82) is 0 Å². The van der Waals surface area contributed by atoms with Crippen LogP contribution in [0, 0.1) is 0 Å². The SMILES string of the molecule is C=c1ccn(Cc2ccc(COCCN)cc2OC)/c1=C(/N=C(\C)N)NCCCCC. The number of methoxy groups -OCH3 is 1. The van der Waals surface area contributed by atoms with Crippen molar-refractivity contribution in [3.05, 3.63) is 52.2 Å². The van der Waals surface area contributed by atoms with Gasteiger partial charge in [0.25, 0.3) is 0 Å². The summed E-state index contributed by atoms with van der Waals surface area (Å²) < 4.78 is 13.3. The standard InChI is InChI=1S/C24H37N5O2/c1-5-6-7-12-27-24(28-19(3)26)23-18(2)10-13-29(23)16-21-9-8-20(15-22(21)30-4)17-31-14-11-25/h8-10,13,15,27H,2,5-7,11-12,14,16-17,25H2,1,3-4H3,(H2,26,28)/b24-23+. The fourth-order valence-electron chi connectivity index (χ4n) is 3.34. The quantitative estimate of drug-likeness (QED) is 0.256. The zero-order valence-corrected chi connectivity index (χ0v) is 19.1. The number of nitrogens with zero attached hydrogens (tertiary/aromatic N) is 2. The Morgan fingerprint density at radius 1 is 1.26 bits per heavy atom. The second-order valence-electron chi connectivity index (χ2n) is 7.54. The molecule has 0 saturated carbocycles. The van der Waals surface area contributed by atoms with Gasteiger partial charge in [-0.15, -0.1) is 0 Å². The zero-order chi connectivity index (χ0) is 22.6. The molecule has 170 valence electrons. The third-order valence-electron chi connectivity index (χ3n) is 4.86. The van der Waals surface area contributed by atoms with Crippen LogP contribution in [0.3, 0.4) is 0 Å². The summed E-state index contributed by atoms with van der Waals surface area (Å²) in [7, 11) is 1.68. The Morgan fingerprint density at radius 2 is 2.06 bits per heavy atom. The molecule has 5 N–H and O–H groups in total. The number of hydrogen-bond acceptors (Lipinski definition) is 5. The van der Waals surface area contributed by atoms with Crippen LogP contribution < -0.4 is 32.1 Å². The average Bonchev–Trinajstić information content (AvgIpc) is 3.11. The van der Waals surface area contributed by atoms with Crippen LogP contribution >= 0.6 is 0 Å². The summed E-state index contributed by atoms with van der Waals surface area (Å²) in [4.78, 5) is 4.56. The summed E-state index contributed by atoms with van der Waals surface area (Å²) in [5, 5.41) is 5.28. The molecule has 0 aliphatic heterocycles. The second-order valence-corrected chi connectivity index (χ2v) is 7.54. The molecule has 0 unspecified atom stereocenters. The van der Waals surface area contributed by atoms with E-state index >= 15 is 0 Å². The monoisotopic (exact) mass is 427 g/mol. The van der Waals surface area contributed by atoms with Gasteiger partial charge in [-0.1, -0.05) is 38.5 Å². The molecule has 2 aromatic rings. The van der Waals surface area contributed by atoms with Crippen LogP contribution in [0.2, 0.25) is 0 Å².